The van der Waals surface area contributed by atoms with Gasteiger partial charge in [-0.25, -0.2) is 4.79 Å². The first-order valence-electron chi connectivity index (χ1n) is 6.98. The number of ether oxygens (including phenoxy) is 1. The van der Waals surface area contributed by atoms with Gasteiger partial charge < -0.3 is 20.5 Å². The number of hydrogen-bond acceptors (Lipinski definition) is 3. The van der Waals surface area contributed by atoms with Gasteiger partial charge in [-0.05, 0) is 36.8 Å². The topological polar surface area (TPSA) is 70.6 Å². The second-order valence-electron chi connectivity index (χ2n) is 5.18. The third kappa shape index (κ3) is 4.23. The minimum Gasteiger partial charge on any atom is -0.497 e. The Morgan fingerprint density at radius 2 is 1.77 bits per heavy atom. The first kappa shape index (κ1) is 15.9. The minimum absolute atomic E-state index is 0.110. The lowest BCUT2D eigenvalue weighted by Crippen LogP contribution is -2.40. The zero-order valence-electron chi connectivity index (χ0n) is 12.7. The summed E-state index contributed by atoms with van der Waals surface area (Å²) in [4.78, 5) is 11.9. The van der Waals surface area contributed by atoms with E-state index in [0.29, 0.717) is 5.69 Å². The van der Waals surface area contributed by atoms with Crippen LogP contribution < -0.4 is 15.4 Å². The summed E-state index contributed by atoms with van der Waals surface area (Å²) >= 11 is 0. The van der Waals surface area contributed by atoms with Crippen LogP contribution in [0.1, 0.15) is 12.5 Å². The second-order valence-corrected chi connectivity index (χ2v) is 5.18. The van der Waals surface area contributed by atoms with Crippen molar-refractivity contribution in [3.8, 4) is 5.75 Å². The van der Waals surface area contributed by atoms with Gasteiger partial charge in [0.1, 0.15) is 11.4 Å². The van der Waals surface area contributed by atoms with Crippen molar-refractivity contribution in [3.63, 3.8) is 0 Å². The molecule has 0 aliphatic carbocycles. The van der Waals surface area contributed by atoms with E-state index in [-0.39, 0.29) is 12.6 Å². The molecule has 0 aromatic heterocycles. The first-order valence-corrected chi connectivity index (χ1v) is 6.98. The number of aliphatic hydroxyl groups is 1. The SMILES string of the molecule is COc1ccc(NC(=O)NCC(C)(O)c2ccccc2)cc1. The number of hydrogen-bond donors (Lipinski definition) is 3. The summed E-state index contributed by atoms with van der Waals surface area (Å²) in [7, 11) is 1.58. The summed E-state index contributed by atoms with van der Waals surface area (Å²) in [6.45, 7) is 1.77. The van der Waals surface area contributed by atoms with Crippen LogP contribution in [0, 0.1) is 0 Å². The molecule has 5 heteroatoms. The third-order valence-corrected chi connectivity index (χ3v) is 3.34. The zero-order chi connectivity index (χ0) is 16.0. The van der Waals surface area contributed by atoms with Crippen LogP contribution in [0.2, 0.25) is 0 Å². The summed E-state index contributed by atoms with van der Waals surface area (Å²) < 4.78 is 5.05. The van der Waals surface area contributed by atoms with Crippen LogP contribution in [0.5, 0.6) is 5.75 Å². The number of carbonyl (C=O) groups is 1. The molecule has 0 saturated carbocycles. The number of amides is 2. The maximum Gasteiger partial charge on any atom is 0.319 e. The highest BCUT2D eigenvalue weighted by atomic mass is 16.5. The van der Waals surface area contributed by atoms with Crippen molar-refractivity contribution in [3.05, 3.63) is 60.2 Å². The van der Waals surface area contributed by atoms with Gasteiger partial charge in [-0.2, -0.15) is 0 Å². The summed E-state index contributed by atoms with van der Waals surface area (Å²) in [5, 5.41) is 15.8. The molecule has 116 valence electrons. The van der Waals surface area contributed by atoms with Crippen LogP contribution in [-0.2, 0) is 5.60 Å². The Balaban J connectivity index is 1.89. The van der Waals surface area contributed by atoms with Crippen LogP contribution >= 0.6 is 0 Å². The van der Waals surface area contributed by atoms with Crippen molar-refractivity contribution < 1.29 is 14.6 Å². The molecule has 0 radical (unpaired) electrons. The van der Waals surface area contributed by atoms with E-state index in [1.807, 2.05) is 30.3 Å². The van der Waals surface area contributed by atoms with Crippen molar-refractivity contribution in [1.29, 1.82) is 0 Å². The number of methoxy groups -OCH3 is 1. The van der Waals surface area contributed by atoms with Crippen LogP contribution in [0.4, 0.5) is 10.5 Å². The van der Waals surface area contributed by atoms with E-state index in [4.69, 9.17) is 4.74 Å². The molecule has 0 aliphatic rings. The van der Waals surface area contributed by atoms with E-state index in [1.165, 1.54) is 0 Å². The fraction of sp³-hybridized carbons (Fsp3) is 0.235. The maximum absolute atomic E-state index is 11.9. The van der Waals surface area contributed by atoms with Crippen LogP contribution in [0.3, 0.4) is 0 Å². The lowest BCUT2D eigenvalue weighted by molar-refractivity contribution is 0.0599. The Morgan fingerprint density at radius 1 is 1.14 bits per heavy atom. The minimum atomic E-state index is -1.13. The molecule has 1 atom stereocenters. The molecular formula is C17H20N2O3. The molecule has 2 rings (SSSR count). The van der Waals surface area contributed by atoms with Crippen molar-refractivity contribution in [2.45, 2.75) is 12.5 Å². The van der Waals surface area contributed by atoms with Crippen LogP contribution in [-0.4, -0.2) is 24.8 Å². The van der Waals surface area contributed by atoms with Gasteiger partial charge in [-0.1, -0.05) is 30.3 Å². The molecule has 3 N–H and O–H groups in total. The predicted molar refractivity (Wildman–Crippen MR) is 86.0 cm³/mol. The molecule has 0 spiro atoms. The van der Waals surface area contributed by atoms with E-state index < -0.39 is 5.60 Å². The van der Waals surface area contributed by atoms with E-state index >= 15 is 0 Å². The summed E-state index contributed by atoms with van der Waals surface area (Å²) in [5.74, 6) is 0.720. The standard InChI is InChI=1S/C17H20N2O3/c1-17(21,13-6-4-3-5-7-13)12-18-16(20)19-14-8-10-15(22-2)11-9-14/h3-11,21H,12H2,1-2H3,(H2,18,19,20). The van der Waals surface area contributed by atoms with E-state index in [0.717, 1.165) is 11.3 Å². The monoisotopic (exact) mass is 300 g/mol. The molecule has 0 heterocycles. The molecule has 0 aliphatic heterocycles. The van der Waals surface area contributed by atoms with E-state index in [1.54, 1.807) is 38.3 Å². The van der Waals surface area contributed by atoms with Gasteiger partial charge in [-0.3, -0.25) is 0 Å². The number of anilines is 1. The van der Waals surface area contributed by atoms with Gasteiger partial charge in [0.05, 0.1) is 13.7 Å². The summed E-state index contributed by atoms with van der Waals surface area (Å²) in [5.41, 5.74) is 0.274. The third-order valence-electron chi connectivity index (χ3n) is 3.34. The van der Waals surface area contributed by atoms with Gasteiger partial charge in [0, 0.05) is 5.69 Å². The van der Waals surface area contributed by atoms with Crippen molar-refractivity contribution in [1.82, 2.24) is 5.32 Å². The molecule has 2 aromatic rings. The summed E-state index contributed by atoms with van der Waals surface area (Å²) in [6.07, 6.45) is 0. The van der Waals surface area contributed by atoms with Crippen molar-refractivity contribution in [2.24, 2.45) is 0 Å². The second kappa shape index (κ2) is 6.95. The fourth-order valence-electron chi connectivity index (χ4n) is 2.00. The van der Waals surface area contributed by atoms with Crippen molar-refractivity contribution in [2.75, 3.05) is 19.0 Å². The highest BCUT2D eigenvalue weighted by Gasteiger charge is 2.23. The highest BCUT2D eigenvalue weighted by molar-refractivity contribution is 5.89. The molecule has 5 nitrogen and oxygen atoms in total. The number of benzene rings is 2. The number of nitrogens with one attached hydrogen (secondary N) is 2. The zero-order valence-corrected chi connectivity index (χ0v) is 12.7. The highest BCUT2D eigenvalue weighted by Crippen LogP contribution is 2.19. The summed E-state index contributed by atoms with van der Waals surface area (Å²) in [6, 6.07) is 15.9. The Kier molecular flexibility index (Phi) is 5.01. The largest absolute Gasteiger partial charge is 0.497 e. The normalized spacial score (nSPS) is 13.0. The Bertz CT molecular complexity index is 610. The maximum atomic E-state index is 11.9. The first-order chi connectivity index (χ1) is 10.5. The molecule has 2 aromatic carbocycles. The van der Waals surface area contributed by atoms with Crippen LogP contribution in [0.25, 0.3) is 0 Å². The lowest BCUT2D eigenvalue weighted by atomic mass is 9.96. The lowest BCUT2D eigenvalue weighted by Gasteiger charge is -2.24. The number of rotatable bonds is 5. The number of urea groups is 1. The van der Waals surface area contributed by atoms with Gasteiger partial charge in [0.15, 0.2) is 0 Å². The predicted octanol–water partition coefficient (Wildman–Crippen LogP) is 2.72. The fourth-order valence-corrected chi connectivity index (χ4v) is 2.00. The molecule has 2 amide bonds. The van der Waals surface area contributed by atoms with Gasteiger partial charge >= 0.3 is 6.03 Å². The Hall–Kier alpha value is -2.53. The molecular weight excluding hydrogens is 280 g/mol. The van der Waals surface area contributed by atoms with Crippen molar-refractivity contribution >= 4 is 11.7 Å². The van der Waals surface area contributed by atoms with E-state index in [2.05, 4.69) is 10.6 Å². The Morgan fingerprint density at radius 3 is 2.36 bits per heavy atom. The molecule has 0 saturated heterocycles. The molecule has 1 unspecified atom stereocenters. The molecule has 0 bridgehead atoms. The quantitative estimate of drug-likeness (QED) is 0.795. The molecule has 0 fully saturated rings. The smallest absolute Gasteiger partial charge is 0.319 e. The van der Waals surface area contributed by atoms with Gasteiger partial charge in [0.2, 0.25) is 0 Å². The average molecular weight is 300 g/mol. The number of carbonyl (C=O) groups excluding carboxylic acids is 1. The van der Waals surface area contributed by atoms with E-state index in [9.17, 15) is 9.90 Å². The van der Waals surface area contributed by atoms with Crippen LogP contribution in [0.15, 0.2) is 54.6 Å². The van der Waals surface area contributed by atoms with Gasteiger partial charge in [0.25, 0.3) is 0 Å². The van der Waals surface area contributed by atoms with Gasteiger partial charge in [-0.15, -0.1) is 0 Å². The average Bonchev–Trinajstić information content (AvgIpc) is 2.55. The Labute approximate surface area is 129 Å². The molecule has 22 heavy (non-hydrogen) atoms.